The summed E-state index contributed by atoms with van der Waals surface area (Å²) in [5.41, 5.74) is 6.18. The fourth-order valence-electron chi connectivity index (χ4n) is 2.67. The molecule has 2 amide bonds. The Hall–Kier alpha value is -0.890. The summed E-state index contributed by atoms with van der Waals surface area (Å²) in [7, 11) is 0. The molecule has 2 heterocycles. The van der Waals surface area contributed by atoms with E-state index in [0.717, 1.165) is 25.9 Å². The van der Waals surface area contributed by atoms with Crippen LogP contribution in [0, 0.1) is 11.3 Å². The van der Waals surface area contributed by atoms with Gasteiger partial charge in [-0.15, -0.1) is 36.2 Å². The van der Waals surface area contributed by atoms with Crippen LogP contribution in [0.15, 0.2) is 5.38 Å². The highest BCUT2D eigenvalue weighted by atomic mass is 35.5. The molecule has 3 N–H and O–H groups in total. The number of halogens is 2. The number of amides is 2. The summed E-state index contributed by atoms with van der Waals surface area (Å²) in [4.78, 5) is 30.6. The number of nitrogens with two attached hydrogens (primary N) is 1. The molecule has 1 atom stereocenters. The van der Waals surface area contributed by atoms with Crippen molar-refractivity contribution < 1.29 is 9.59 Å². The van der Waals surface area contributed by atoms with E-state index in [1.165, 1.54) is 11.3 Å². The number of anilines is 1. The molecule has 1 fully saturated rings. The van der Waals surface area contributed by atoms with Crippen molar-refractivity contribution >= 4 is 53.1 Å². The maximum Gasteiger partial charge on any atom is 0.231 e. The SMILES string of the molecule is CC(N)C1CCN(C(=O)Cc2csc(NC(=O)C(C)(C)C)n2)CC1.Cl.Cl. The summed E-state index contributed by atoms with van der Waals surface area (Å²) in [5, 5.41) is 5.19. The monoisotopic (exact) mass is 424 g/mol. The molecule has 1 unspecified atom stereocenters. The van der Waals surface area contributed by atoms with Crippen molar-refractivity contribution in [2.45, 2.75) is 53.0 Å². The summed E-state index contributed by atoms with van der Waals surface area (Å²) >= 11 is 1.36. The minimum atomic E-state index is -0.466. The second-order valence-electron chi connectivity index (χ2n) is 7.60. The second-order valence-corrected chi connectivity index (χ2v) is 8.46. The number of thiazole rings is 1. The maximum absolute atomic E-state index is 12.4. The van der Waals surface area contributed by atoms with Gasteiger partial charge in [0.15, 0.2) is 5.13 Å². The third-order valence-corrected chi connectivity index (χ3v) is 5.23. The Kier molecular flexibility index (Phi) is 10.1. The van der Waals surface area contributed by atoms with Gasteiger partial charge in [0.2, 0.25) is 11.8 Å². The van der Waals surface area contributed by atoms with Crippen molar-refractivity contribution in [2.75, 3.05) is 18.4 Å². The normalized spacial score (nSPS) is 16.3. The lowest BCUT2D eigenvalue weighted by Crippen LogP contribution is -2.43. The molecule has 0 aliphatic carbocycles. The first-order valence-electron chi connectivity index (χ1n) is 8.46. The second kappa shape index (κ2) is 10.4. The zero-order chi connectivity index (χ0) is 17.9. The van der Waals surface area contributed by atoms with Gasteiger partial charge in [0.25, 0.3) is 0 Å². The average Bonchev–Trinajstić information content (AvgIpc) is 2.93. The molecule has 1 aliphatic heterocycles. The number of carbonyl (C=O) groups is 2. The minimum Gasteiger partial charge on any atom is -0.342 e. The van der Waals surface area contributed by atoms with Gasteiger partial charge in [-0.25, -0.2) is 4.98 Å². The van der Waals surface area contributed by atoms with Crippen molar-refractivity contribution in [3.05, 3.63) is 11.1 Å². The Bertz CT molecular complexity index is 594. The van der Waals surface area contributed by atoms with E-state index < -0.39 is 5.41 Å². The lowest BCUT2D eigenvalue weighted by molar-refractivity contribution is -0.132. The molecule has 0 bridgehead atoms. The molecule has 0 saturated carbocycles. The Morgan fingerprint density at radius 3 is 2.42 bits per heavy atom. The van der Waals surface area contributed by atoms with Crippen LogP contribution in [0.25, 0.3) is 0 Å². The highest BCUT2D eigenvalue weighted by Crippen LogP contribution is 2.23. The molecule has 0 spiro atoms. The van der Waals surface area contributed by atoms with Crippen LogP contribution in [0.3, 0.4) is 0 Å². The molecule has 0 aromatic carbocycles. The number of hydrogen-bond acceptors (Lipinski definition) is 5. The van der Waals surface area contributed by atoms with Crippen LogP contribution in [-0.2, 0) is 16.0 Å². The lowest BCUT2D eigenvalue weighted by atomic mass is 9.91. The van der Waals surface area contributed by atoms with Crippen LogP contribution >= 0.6 is 36.2 Å². The van der Waals surface area contributed by atoms with E-state index >= 15 is 0 Å². The van der Waals surface area contributed by atoms with Crippen LogP contribution < -0.4 is 11.1 Å². The van der Waals surface area contributed by atoms with Gasteiger partial charge in [-0.2, -0.15) is 0 Å². The van der Waals surface area contributed by atoms with Gasteiger partial charge in [-0.3, -0.25) is 9.59 Å². The molecule has 1 aromatic heterocycles. The molecular formula is C17H30Cl2N4O2S. The summed E-state index contributed by atoms with van der Waals surface area (Å²) < 4.78 is 0. The summed E-state index contributed by atoms with van der Waals surface area (Å²) in [6.07, 6.45) is 2.21. The first-order chi connectivity index (χ1) is 11.2. The van der Waals surface area contributed by atoms with Crippen LogP contribution in [0.5, 0.6) is 0 Å². The van der Waals surface area contributed by atoms with Crippen LogP contribution in [0.2, 0.25) is 0 Å². The fraction of sp³-hybridized carbons (Fsp3) is 0.706. The zero-order valence-corrected chi connectivity index (χ0v) is 18.2. The summed E-state index contributed by atoms with van der Waals surface area (Å²) in [5.74, 6) is 0.525. The molecule has 1 saturated heterocycles. The van der Waals surface area contributed by atoms with Gasteiger partial charge < -0.3 is 16.0 Å². The molecule has 1 aromatic rings. The summed E-state index contributed by atoms with van der Waals surface area (Å²) in [6, 6.07) is 0.190. The van der Waals surface area contributed by atoms with E-state index in [1.54, 1.807) is 0 Å². The third kappa shape index (κ3) is 7.02. The highest BCUT2D eigenvalue weighted by Gasteiger charge is 2.26. The molecule has 6 nitrogen and oxygen atoms in total. The molecule has 0 radical (unpaired) electrons. The highest BCUT2D eigenvalue weighted by molar-refractivity contribution is 7.13. The number of rotatable bonds is 4. The first kappa shape index (κ1) is 25.1. The molecular weight excluding hydrogens is 395 g/mol. The fourth-order valence-corrected chi connectivity index (χ4v) is 3.38. The van der Waals surface area contributed by atoms with Gasteiger partial charge in [-0.1, -0.05) is 20.8 Å². The molecule has 1 aliphatic rings. The topological polar surface area (TPSA) is 88.3 Å². The van der Waals surface area contributed by atoms with Gasteiger partial charge in [0.05, 0.1) is 12.1 Å². The molecule has 26 heavy (non-hydrogen) atoms. The van der Waals surface area contributed by atoms with Crippen molar-refractivity contribution in [1.29, 1.82) is 0 Å². The number of aromatic nitrogens is 1. The number of nitrogens with zero attached hydrogens (tertiary/aromatic N) is 2. The van der Waals surface area contributed by atoms with Gasteiger partial charge in [0, 0.05) is 29.9 Å². The van der Waals surface area contributed by atoms with Gasteiger partial charge in [0.1, 0.15) is 0 Å². The molecule has 150 valence electrons. The van der Waals surface area contributed by atoms with E-state index in [0.29, 0.717) is 16.7 Å². The van der Waals surface area contributed by atoms with E-state index in [4.69, 9.17) is 5.73 Å². The Morgan fingerprint density at radius 2 is 1.92 bits per heavy atom. The number of likely N-dealkylation sites (tertiary alicyclic amines) is 1. The minimum absolute atomic E-state index is 0. The number of piperidine rings is 1. The maximum atomic E-state index is 12.4. The molecule has 9 heteroatoms. The standard InChI is InChI=1S/C17H28N4O2S.2ClH/c1-11(18)12-5-7-21(8-6-12)14(22)9-13-10-24-16(19-13)20-15(23)17(2,3)4;;/h10-12H,5-9,18H2,1-4H3,(H,19,20,23);2*1H. The van der Waals surface area contributed by atoms with E-state index in [-0.39, 0.29) is 49.1 Å². The zero-order valence-electron chi connectivity index (χ0n) is 15.8. The number of nitrogens with one attached hydrogen (secondary N) is 1. The van der Waals surface area contributed by atoms with Gasteiger partial charge in [-0.05, 0) is 25.7 Å². The van der Waals surface area contributed by atoms with Crippen LogP contribution in [0.1, 0.15) is 46.2 Å². The third-order valence-electron chi connectivity index (χ3n) is 4.42. The first-order valence-corrected chi connectivity index (χ1v) is 9.34. The van der Waals surface area contributed by atoms with Crippen molar-refractivity contribution in [3.8, 4) is 0 Å². The largest absolute Gasteiger partial charge is 0.342 e. The van der Waals surface area contributed by atoms with E-state index in [9.17, 15) is 9.59 Å². The Balaban J connectivity index is 0.00000312. The number of carbonyl (C=O) groups excluding carboxylic acids is 2. The number of hydrogen-bond donors (Lipinski definition) is 2. The smallest absolute Gasteiger partial charge is 0.231 e. The van der Waals surface area contributed by atoms with Crippen molar-refractivity contribution in [3.63, 3.8) is 0 Å². The Labute approximate surface area is 172 Å². The van der Waals surface area contributed by atoms with Crippen LogP contribution in [-0.4, -0.2) is 40.8 Å². The molecule has 2 rings (SSSR count). The quantitative estimate of drug-likeness (QED) is 0.776. The van der Waals surface area contributed by atoms with Crippen molar-refractivity contribution in [1.82, 2.24) is 9.88 Å². The average molecular weight is 425 g/mol. The lowest BCUT2D eigenvalue weighted by Gasteiger charge is -2.33. The van der Waals surface area contributed by atoms with Crippen LogP contribution in [0.4, 0.5) is 5.13 Å². The summed E-state index contributed by atoms with van der Waals surface area (Å²) in [6.45, 7) is 9.13. The van der Waals surface area contributed by atoms with E-state index in [1.807, 2.05) is 38.0 Å². The predicted octanol–water partition coefficient (Wildman–Crippen LogP) is 3.10. The Morgan fingerprint density at radius 1 is 1.35 bits per heavy atom. The van der Waals surface area contributed by atoms with E-state index in [2.05, 4.69) is 10.3 Å². The van der Waals surface area contributed by atoms with Gasteiger partial charge >= 0.3 is 0 Å². The van der Waals surface area contributed by atoms with Crippen molar-refractivity contribution in [2.24, 2.45) is 17.1 Å². The predicted molar refractivity (Wildman–Crippen MR) is 111 cm³/mol.